The highest BCUT2D eigenvalue weighted by atomic mass is 16.6. The fourth-order valence-corrected chi connectivity index (χ4v) is 3.41. The molecule has 2 rings (SSSR count). The lowest BCUT2D eigenvalue weighted by Gasteiger charge is -2.50. The van der Waals surface area contributed by atoms with Gasteiger partial charge in [-0.3, -0.25) is 9.69 Å². The average Bonchev–Trinajstić information content (AvgIpc) is 2.63. The minimum atomic E-state index is -0.635. The highest BCUT2D eigenvalue weighted by Gasteiger charge is 2.51. The lowest BCUT2D eigenvalue weighted by atomic mass is 9.80. The molecular formula is C21H32N2O5. The van der Waals surface area contributed by atoms with E-state index in [1.165, 1.54) is 7.11 Å². The Labute approximate surface area is 167 Å². The molecule has 1 aliphatic heterocycles. The number of nitrogens with one attached hydrogen (secondary N) is 1. The minimum absolute atomic E-state index is 0.218. The Balaban J connectivity index is 1.92. The number of hydrogen-bond acceptors (Lipinski definition) is 6. The van der Waals surface area contributed by atoms with Crippen molar-refractivity contribution in [1.29, 1.82) is 0 Å². The third-order valence-electron chi connectivity index (χ3n) is 4.93. The van der Waals surface area contributed by atoms with E-state index in [9.17, 15) is 9.59 Å². The molecule has 0 bridgehead atoms. The fraction of sp³-hybridized carbons (Fsp3) is 0.619. The van der Waals surface area contributed by atoms with E-state index >= 15 is 0 Å². The molecular weight excluding hydrogens is 360 g/mol. The van der Waals surface area contributed by atoms with E-state index in [0.29, 0.717) is 25.9 Å². The molecule has 7 nitrogen and oxygen atoms in total. The van der Waals surface area contributed by atoms with Gasteiger partial charge in [-0.05, 0) is 57.7 Å². The molecule has 1 heterocycles. The minimum Gasteiger partial charge on any atom is -0.497 e. The second kappa shape index (κ2) is 9.28. The van der Waals surface area contributed by atoms with Crippen LogP contribution in [0.4, 0.5) is 4.79 Å². The topological polar surface area (TPSA) is 77.1 Å². The van der Waals surface area contributed by atoms with E-state index in [0.717, 1.165) is 24.3 Å². The number of ether oxygens (including phenoxy) is 3. The van der Waals surface area contributed by atoms with Crippen LogP contribution in [0.5, 0.6) is 5.75 Å². The van der Waals surface area contributed by atoms with Gasteiger partial charge in [-0.2, -0.15) is 0 Å². The van der Waals surface area contributed by atoms with Gasteiger partial charge in [-0.15, -0.1) is 0 Å². The number of rotatable bonds is 8. The Morgan fingerprint density at radius 1 is 1.18 bits per heavy atom. The Kier molecular flexibility index (Phi) is 7.29. The first-order chi connectivity index (χ1) is 13.2. The van der Waals surface area contributed by atoms with Crippen molar-refractivity contribution >= 4 is 12.1 Å². The maximum absolute atomic E-state index is 12.5. The lowest BCUT2D eigenvalue weighted by Crippen LogP contribution is -2.64. The van der Waals surface area contributed by atoms with Crippen LogP contribution in [0.2, 0.25) is 0 Å². The van der Waals surface area contributed by atoms with Crippen LogP contribution in [0.1, 0.15) is 45.6 Å². The summed E-state index contributed by atoms with van der Waals surface area (Å²) in [5.74, 6) is 0.587. The van der Waals surface area contributed by atoms with Crippen molar-refractivity contribution in [2.24, 2.45) is 0 Å². The van der Waals surface area contributed by atoms with Crippen LogP contribution in [0, 0.1) is 0 Å². The monoisotopic (exact) mass is 392 g/mol. The third kappa shape index (κ3) is 5.61. The van der Waals surface area contributed by atoms with E-state index in [1.54, 1.807) is 7.11 Å². The summed E-state index contributed by atoms with van der Waals surface area (Å²) in [6.45, 7) is 7.42. The Morgan fingerprint density at radius 3 is 2.36 bits per heavy atom. The average molecular weight is 392 g/mol. The number of amides is 1. The summed E-state index contributed by atoms with van der Waals surface area (Å²) >= 11 is 0. The van der Waals surface area contributed by atoms with Gasteiger partial charge in [-0.25, -0.2) is 4.79 Å². The largest absolute Gasteiger partial charge is 0.497 e. The van der Waals surface area contributed by atoms with Gasteiger partial charge in [0.05, 0.1) is 14.2 Å². The van der Waals surface area contributed by atoms with Crippen molar-refractivity contribution in [3.8, 4) is 5.75 Å². The molecule has 1 N–H and O–H groups in total. The number of alkyl carbamates (subject to hydrolysis) is 1. The highest BCUT2D eigenvalue weighted by molar-refractivity contribution is 5.82. The summed E-state index contributed by atoms with van der Waals surface area (Å²) < 4.78 is 15.5. The Hall–Kier alpha value is -2.28. The molecule has 1 fully saturated rings. The van der Waals surface area contributed by atoms with Crippen molar-refractivity contribution < 1.29 is 23.8 Å². The van der Waals surface area contributed by atoms with Crippen molar-refractivity contribution in [2.75, 3.05) is 27.3 Å². The SMILES string of the molecule is COC(=O)C1(CCCNC(=O)OC(C)(C)C)CCN1Cc1ccc(OC)cc1. The molecule has 1 unspecified atom stereocenters. The van der Waals surface area contributed by atoms with Gasteiger partial charge in [0.25, 0.3) is 0 Å². The number of esters is 1. The third-order valence-corrected chi connectivity index (χ3v) is 4.93. The van der Waals surface area contributed by atoms with Crippen molar-refractivity contribution in [1.82, 2.24) is 10.2 Å². The lowest BCUT2D eigenvalue weighted by molar-refractivity contribution is -0.167. The van der Waals surface area contributed by atoms with Gasteiger partial charge in [-0.1, -0.05) is 12.1 Å². The maximum Gasteiger partial charge on any atom is 0.407 e. The number of nitrogens with zero attached hydrogens (tertiary/aromatic N) is 1. The molecule has 1 aromatic carbocycles. The first kappa shape index (κ1) is 22.0. The molecule has 28 heavy (non-hydrogen) atoms. The van der Waals surface area contributed by atoms with Crippen molar-refractivity contribution in [3.63, 3.8) is 0 Å². The fourth-order valence-electron chi connectivity index (χ4n) is 3.41. The Morgan fingerprint density at radius 2 is 1.86 bits per heavy atom. The van der Waals surface area contributed by atoms with E-state index in [1.807, 2.05) is 45.0 Å². The number of hydrogen-bond donors (Lipinski definition) is 1. The van der Waals surface area contributed by atoms with Crippen LogP contribution in [0.3, 0.4) is 0 Å². The number of carbonyl (C=O) groups is 2. The summed E-state index contributed by atoms with van der Waals surface area (Å²) in [5, 5.41) is 2.75. The van der Waals surface area contributed by atoms with Gasteiger partial charge < -0.3 is 19.5 Å². The summed E-state index contributed by atoms with van der Waals surface area (Å²) in [4.78, 5) is 26.5. The van der Waals surface area contributed by atoms with Gasteiger partial charge in [0.15, 0.2) is 0 Å². The molecule has 0 aliphatic carbocycles. The molecule has 1 atom stereocenters. The molecule has 0 saturated carbocycles. The van der Waals surface area contributed by atoms with Crippen LogP contribution in [0.15, 0.2) is 24.3 Å². The summed E-state index contributed by atoms with van der Waals surface area (Å²) in [5.41, 5.74) is -0.0502. The predicted molar refractivity (Wildman–Crippen MR) is 106 cm³/mol. The van der Waals surface area contributed by atoms with E-state index < -0.39 is 17.2 Å². The second-order valence-corrected chi connectivity index (χ2v) is 8.08. The summed E-state index contributed by atoms with van der Waals surface area (Å²) in [7, 11) is 3.06. The zero-order valence-electron chi connectivity index (χ0n) is 17.5. The molecule has 0 spiro atoms. The van der Waals surface area contributed by atoms with Gasteiger partial charge in [0.2, 0.25) is 0 Å². The number of methoxy groups -OCH3 is 2. The summed E-state index contributed by atoms with van der Waals surface area (Å²) in [6.07, 6.45) is 1.59. The Bertz CT molecular complexity index is 668. The summed E-state index contributed by atoms with van der Waals surface area (Å²) in [6, 6.07) is 7.84. The molecule has 0 radical (unpaired) electrons. The van der Waals surface area contributed by atoms with Crippen molar-refractivity contribution in [2.45, 2.75) is 57.7 Å². The predicted octanol–water partition coefficient (Wildman–Crippen LogP) is 3.12. The smallest absolute Gasteiger partial charge is 0.407 e. The van der Waals surface area contributed by atoms with Crippen LogP contribution >= 0.6 is 0 Å². The van der Waals surface area contributed by atoms with Gasteiger partial charge in [0.1, 0.15) is 16.9 Å². The van der Waals surface area contributed by atoms with E-state index in [4.69, 9.17) is 14.2 Å². The molecule has 0 aromatic heterocycles. The molecule has 1 amide bonds. The number of benzene rings is 1. The molecule has 1 saturated heterocycles. The molecule has 1 aromatic rings. The second-order valence-electron chi connectivity index (χ2n) is 8.08. The zero-order chi connectivity index (χ0) is 20.8. The molecule has 7 heteroatoms. The van der Waals surface area contributed by atoms with Crippen LogP contribution in [-0.4, -0.2) is 55.4 Å². The van der Waals surface area contributed by atoms with E-state index in [-0.39, 0.29) is 5.97 Å². The van der Waals surface area contributed by atoms with Crippen LogP contribution < -0.4 is 10.1 Å². The zero-order valence-corrected chi connectivity index (χ0v) is 17.5. The first-order valence-electron chi connectivity index (χ1n) is 9.63. The number of likely N-dealkylation sites (tertiary alicyclic amines) is 1. The van der Waals surface area contributed by atoms with Crippen molar-refractivity contribution in [3.05, 3.63) is 29.8 Å². The first-order valence-corrected chi connectivity index (χ1v) is 9.63. The highest BCUT2D eigenvalue weighted by Crippen LogP contribution is 2.37. The van der Waals surface area contributed by atoms with Crippen LogP contribution in [-0.2, 0) is 20.8 Å². The molecule has 1 aliphatic rings. The maximum atomic E-state index is 12.5. The quantitative estimate of drug-likeness (QED) is 0.541. The standard InChI is InChI=1S/C21H32N2O5/c1-20(2,3)28-19(25)22-13-6-11-21(18(24)27-5)12-14-23(21)15-16-7-9-17(26-4)10-8-16/h7-10H,6,11-15H2,1-5H3,(H,22,25). The van der Waals surface area contributed by atoms with Crippen LogP contribution in [0.25, 0.3) is 0 Å². The van der Waals surface area contributed by atoms with E-state index in [2.05, 4.69) is 10.2 Å². The number of carbonyl (C=O) groups excluding carboxylic acids is 2. The van der Waals surface area contributed by atoms with Gasteiger partial charge in [0, 0.05) is 19.6 Å². The normalized spacial score (nSPS) is 19.5. The molecule has 156 valence electrons. The van der Waals surface area contributed by atoms with Gasteiger partial charge >= 0.3 is 12.1 Å².